The van der Waals surface area contributed by atoms with Crippen molar-refractivity contribution in [3.63, 3.8) is 0 Å². The lowest BCUT2D eigenvalue weighted by molar-refractivity contribution is -0.128. The topological polar surface area (TPSA) is 85.9 Å². The average Bonchev–Trinajstić information content (AvgIpc) is 3.28. The molecule has 0 saturated heterocycles. The Balaban J connectivity index is 1.24. The molecule has 0 aromatic heterocycles. The van der Waals surface area contributed by atoms with Crippen LogP contribution in [-0.4, -0.2) is 23.7 Å². The van der Waals surface area contributed by atoms with Gasteiger partial charge in [-0.3, -0.25) is 9.59 Å². The molecule has 28 heavy (non-hydrogen) atoms. The van der Waals surface area contributed by atoms with Gasteiger partial charge < -0.3 is 24.8 Å². The molecule has 1 atom stereocenters. The second-order valence-electron chi connectivity index (χ2n) is 7.33. The number of carbonyl (C=O) groups is 2. The monoisotopic (exact) mass is 380 g/mol. The van der Waals surface area contributed by atoms with Crippen LogP contribution in [0.5, 0.6) is 17.2 Å². The molecular weight excluding hydrogens is 360 g/mol. The molecule has 1 saturated carbocycles. The van der Waals surface area contributed by atoms with Gasteiger partial charge in [0.05, 0.1) is 12.1 Å². The number of hydrogen-bond acceptors (Lipinski definition) is 5. The summed E-state index contributed by atoms with van der Waals surface area (Å²) in [7, 11) is 0. The predicted octanol–water partition coefficient (Wildman–Crippen LogP) is 3.46. The molecule has 5 rings (SSSR count). The highest BCUT2D eigenvalue weighted by Gasteiger charge is 2.44. The van der Waals surface area contributed by atoms with Crippen molar-refractivity contribution in [3.8, 4) is 17.2 Å². The first-order valence-electron chi connectivity index (χ1n) is 9.49. The number of fused-ring (bicyclic) bond motifs is 2. The molecule has 3 aliphatic rings. The Hall–Kier alpha value is -3.22. The van der Waals surface area contributed by atoms with Crippen LogP contribution in [-0.2, 0) is 9.59 Å². The molecule has 2 aromatic rings. The van der Waals surface area contributed by atoms with E-state index in [2.05, 4.69) is 10.6 Å². The Kier molecular flexibility index (Phi) is 3.89. The van der Waals surface area contributed by atoms with Gasteiger partial charge in [-0.05, 0) is 37.1 Å². The molecular formula is C21H20N2O5. The lowest BCUT2D eigenvalue weighted by Gasteiger charge is -2.25. The fourth-order valence-corrected chi connectivity index (χ4v) is 3.90. The summed E-state index contributed by atoms with van der Waals surface area (Å²) in [5.74, 6) is 0.722. The number of hydrogen-bond donors (Lipinski definition) is 2. The van der Waals surface area contributed by atoms with Gasteiger partial charge in [-0.25, -0.2) is 0 Å². The first-order valence-corrected chi connectivity index (χ1v) is 9.49. The number of ether oxygens (including phenoxy) is 3. The van der Waals surface area contributed by atoms with Crippen LogP contribution < -0.4 is 24.8 Å². The SMILES string of the molecule is O=C(CC1Oc2ccccc2NC1=O)Nc1ccc2c(c1)OC1(CCCC1)O2. The standard InChI is InChI=1S/C21H20N2O5/c24-19(12-18-20(25)23-14-5-1-2-6-15(14)26-18)22-13-7-8-16-17(11-13)28-21(27-16)9-3-4-10-21/h1-2,5-8,11,18H,3-4,9-10,12H2,(H,22,24)(H,23,25). The lowest BCUT2D eigenvalue weighted by atomic mass is 10.1. The number of benzene rings is 2. The number of anilines is 2. The summed E-state index contributed by atoms with van der Waals surface area (Å²) in [6.45, 7) is 0. The van der Waals surface area contributed by atoms with Crippen LogP contribution in [0.15, 0.2) is 42.5 Å². The van der Waals surface area contributed by atoms with Crippen LogP contribution in [0.25, 0.3) is 0 Å². The summed E-state index contributed by atoms with van der Waals surface area (Å²) in [6.07, 6.45) is 2.97. The van der Waals surface area contributed by atoms with E-state index in [4.69, 9.17) is 14.2 Å². The molecule has 7 heteroatoms. The van der Waals surface area contributed by atoms with Crippen LogP contribution in [0.2, 0.25) is 0 Å². The Bertz CT molecular complexity index is 952. The number of rotatable bonds is 3. The van der Waals surface area contributed by atoms with Gasteiger partial charge in [-0.1, -0.05) is 12.1 Å². The first kappa shape index (κ1) is 16.9. The summed E-state index contributed by atoms with van der Waals surface area (Å²) in [5, 5.41) is 5.57. The Morgan fingerprint density at radius 1 is 1.07 bits per heavy atom. The minimum atomic E-state index is -0.870. The first-order chi connectivity index (χ1) is 13.6. The van der Waals surface area contributed by atoms with E-state index in [1.165, 1.54) is 0 Å². The molecule has 144 valence electrons. The van der Waals surface area contributed by atoms with Crippen LogP contribution in [0.3, 0.4) is 0 Å². The van der Waals surface area contributed by atoms with Gasteiger partial charge in [0.15, 0.2) is 17.6 Å². The molecule has 1 aliphatic carbocycles. The van der Waals surface area contributed by atoms with Crippen LogP contribution in [0, 0.1) is 0 Å². The lowest BCUT2D eigenvalue weighted by Crippen LogP contribution is -2.39. The van der Waals surface area contributed by atoms with Crippen molar-refractivity contribution >= 4 is 23.2 Å². The molecule has 0 radical (unpaired) electrons. The van der Waals surface area contributed by atoms with Crippen molar-refractivity contribution in [1.29, 1.82) is 0 Å². The zero-order chi connectivity index (χ0) is 19.1. The molecule has 1 unspecified atom stereocenters. The Morgan fingerprint density at radius 2 is 1.86 bits per heavy atom. The van der Waals surface area contributed by atoms with Crippen molar-refractivity contribution < 1.29 is 23.8 Å². The summed E-state index contributed by atoms with van der Waals surface area (Å²) in [6, 6.07) is 12.5. The molecule has 7 nitrogen and oxygen atoms in total. The highest BCUT2D eigenvalue weighted by molar-refractivity contribution is 6.02. The maximum atomic E-state index is 12.4. The summed E-state index contributed by atoms with van der Waals surface area (Å²) in [5.41, 5.74) is 1.21. The molecule has 1 spiro atoms. The normalized spacial score (nSPS) is 21.0. The van der Waals surface area contributed by atoms with Gasteiger partial charge in [0.1, 0.15) is 5.75 Å². The molecule has 1 fully saturated rings. The third-order valence-electron chi connectivity index (χ3n) is 5.26. The molecule has 2 aromatic carbocycles. The van der Waals surface area contributed by atoms with Gasteiger partial charge in [-0.15, -0.1) is 0 Å². The van der Waals surface area contributed by atoms with E-state index in [0.717, 1.165) is 25.7 Å². The van der Waals surface area contributed by atoms with Crippen molar-refractivity contribution in [3.05, 3.63) is 42.5 Å². The summed E-state index contributed by atoms with van der Waals surface area (Å²) in [4.78, 5) is 24.6. The van der Waals surface area contributed by atoms with E-state index in [1.54, 1.807) is 30.3 Å². The summed E-state index contributed by atoms with van der Waals surface area (Å²) >= 11 is 0. The van der Waals surface area contributed by atoms with Gasteiger partial charge in [0.25, 0.3) is 11.7 Å². The van der Waals surface area contributed by atoms with Gasteiger partial charge >= 0.3 is 0 Å². The maximum Gasteiger partial charge on any atom is 0.266 e. The Morgan fingerprint density at radius 3 is 2.71 bits per heavy atom. The van der Waals surface area contributed by atoms with Crippen LogP contribution in [0.4, 0.5) is 11.4 Å². The van der Waals surface area contributed by atoms with E-state index in [-0.39, 0.29) is 18.2 Å². The minimum Gasteiger partial charge on any atom is -0.478 e. The van der Waals surface area contributed by atoms with Crippen LogP contribution >= 0.6 is 0 Å². The fraction of sp³-hybridized carbons (Fsp3) is 0.333. The maximum absolute atomic E-state index is 12.4. The third kappa shape index (κ3) is 3.02. The second-order valence-corrected chi connectivity index (χ2v) is 7.33. The van der Waals surface area contributed by atoms with Crippen LogP contribution in [0.1, 0.15) is 32.1 Å². The third-order valence-corrected chi connectivity index (χ3v) is 5.26. The molecule has 2 amide bonds. The quantitative estimate of drug-likeness (QED) is 0.852. The number of nitrogens with one attached hydrogen (secondary N) is 2. The molecule has 2 aliphatic heterocycles. The van der Waals surface area contributed by atoms with E-state index in [1.807, 2.05) is 12.1 Å². The molecule has 2 heterocycles. The predicted molar refractivity (Wildman–Crippen MR) is 102 cm³/mol. The van der Waals surface area contributed by atoms with Crippen molar-refractivity contribution in [2.75, 3.05) is 10.6 Å². The molecule has 2 N–H and O–H groups in total. The van der Waals surface area contributed by atoms with Gasteiger partial charge in [0.2, 0.25) is 5.91 Å². The number of para-hydroxylation sites is 2. The van der Waals surface area contributed by atoms with Crippen molar-refractivity contribution in [1.82, 2.24) is 0 Å². The van der Waals surface area contributed by atoms with E-state index < -0.39 is 11.9 Å². The summed E-state index contributed by atoms with van der Waals surface area (Å²) < 4.78 is 17.7. The van der Waals surface area contributed by atoms with Gasteiger partial charge in [0, 0.05) is 24.6 Å². The van der Waals surface area contributed by atoms with Crippen molar-refractivity contribution in [2.24, 2.45) is 0 Å². The minimum absolute atomic E-state index is 0.0848. The van der Waals surface area contributed by atoms with E-state index >= 15 is 0 Å². The highest BCUT2D eigenvalue weighted by atomic mass is 16.7. The average molecular weight is 380 g/mol. The van der Waals surface area contributed by atoms with E-state index in [0.29, 0.717) is 28.6 Å². The number of carbonyl (C=O) groups excluding carboxylic acids is 2. The largest absolute Gasteiger partial charge is 0.478 e. The molecule has 0 bridgehead atoms. The second kappa shape index (κ2) is 6.44. The highest BCUT2D eigenvalue weighted by Crippen LogP contribution is 2.47. The van der Waals surface area contributed by atoms with Crippen molar-refractivity contribution in [2.45, 2.75) is 44.0 Å². The number of amides is 2. The van der Waals surface area contributed by atoms with Gasteiger partial charge in [-0.2, -0.15) is 0 Å². The zero-order valence-corrected chi connectivity index (χ0v) is 15.2. The van der Waals surface area contributed by atoms with E-state index in [9.17, 15) is 9.59 Å². The zero-order valence-electron chi connectivity index (χ0n) is 15.2. The fourth-order valence-electron chi connectivity index (χ4n) is 3.90. The smallest absolute Gasteiger partial charge is 0.266 e. The Labute approximate surface area is 162 Å².